The van der Waals surface area contributed by atoms with Gasteiger partial charge in [0.05, 0.1) is 28.9 Å². The van der Waals surface area contributed by atoms with Crippen LogP contribution in [0.15, 0.2) is 34.0 Å². The molecule has 10 nitrogen and oxygen atoms in total. The van der Waals surface area contributed by atoms with Crippen molar-refractivity contribution in [2.45, 2.75) is 70.3 Å². The van der Waals surface area contributed by atoms with Crippen molar-refractivity contribution >= 4 is 45.1 Å². The van der Waals surface area contributed by atoms with Gasteiger partial charge < -0.3 is 21.1 Å². The molecule has 0 spiro atoms. The summed E-state index contributed by atoms with van der Waals surface area (Å²) in [6.07, 6.45) is 8.59. The van der Waals surface area contributed by atoms with E-state index in [9.17, 15) is 8.42 Å². The minimum Gasteiger partial charge on any atom is -0.488 e. The van der Waals surface area contributed by atoms with Crippen LogP contribution in [-0.2, 0) is 9.84 Å². The minimum absolute atomic E-state index is 0.0762. The Kier molecular flexibility index (Phi) is 9.03. The van der Waals surface area contributed by atoms with Gasteiger partial charge in [0.25, 0.3) is 0 Å². The molecule has 4 rings (SSSR count). The third-order valence-electron chi connectivity index (χ3n) is 7.01. The summed E-state index contributed by atoms with van der Waals surface area (Å²) in [7, 11) is -0.0454. The van der Waals surface area contributed by atoms with E-state index >= 15 is 0 Å². The topological polar surface area (TPSA) is 135 Å². The van der Waals surface area contributed by atoms with Gasteiger partial charge in [-0.1, -0.05) is 18.0 Å². The van der Waals surface area contributed by atoms with E-state index in [4.69, 9.17) is 22.1 Å². The maximum absolute atomic E-state index is 12.7. The van der Waals surface area contributed by atoms with E-state index in [0.29, 0.717) is 6.04 Å². The van der Waals surface area contributed by atoms with Crippen LogP contribution in [0.2, 0.25) is 5.02 Å². The van der Waals surface area contributed by atoms with Crippen molar-refractivity contribution in [3.8, 4) is 5.75 Å². The smallest absolute Gasteiger partial charge is 0.229 e. The molecule has 1 aliphatic heterocycles. The monoisotopic (exact) mass is 575 g/mol. The first-order valence-corrected chi connectivity index (χ1v) is 15.2. The third kappa shape index (κ3) is 6.82. The van der Waals surface area contributed by atoms with E-state index < -0.39 is 15.1 Å². The van der Waals surface area contributed by atoms with Gasteiger partial charge in [0.1, 0.15) is 10.8 Å². The predicted octanol–water partition coefficient (Wildman–Crippen LogP) is 4.94. The molecular formula is C27H38ClN7O3S. The molecule has 2 aliphatic rings. The molecule has 1 saturated heterocycles. The molecule has 12 heteroatoms. The number of ether oxygens (including phenoxy) is 1. The van der Waals surface area contributed by atoms with Crippen LogP contribution in [0.3, 0.4) is 0 Å². The summed E-state index contributed by atoms with van der Waals surface area (Å²) in [5.41, 5.74) is 9.29. The van der Waals surface area contributed by atoms with Crippen molar-refractivity contribution in [2.24, 2.45) is 10.7 Å². The number of nitrogens with zero attached hydrogens (tertiary/aromatic N) is 4. The summed E-state index contributed by atoms with van der Waals surface area (Å²) in [6, 6.07) is 4.58. The van der Waals surface area contributed by atoms with Crippen LogP contribution < -0.4 is 21.1 Å². The number of aliphatic imine (C=N–C) groups is 1. The second-order valence-corrected chi connectivity index (χ2v) is 13.3. The van der Waals surface area contributed by atoms with Crippen LogP contribution in [0.4, 0.5) is 17.5 Å². The predicted molar refractivity (Wildman–Crippen MR) is 158 cm³/mol. The molecule has 2 fully saturated rings. The first kappa shape index (κ1) is 29.1. The Morgan fingerprint density at radius 3 is 2.67 bits per heavy atom. The maximum atomic E-state index is 12.7. The quantitative estimate of drug-likeness (QED) is 0.336. The van der Waals surface area contributed by atoms with Crippen LogP contribution in [-0.4, -0.2) is 61.5 Å². The van der Waals surface area contributed by atoms with Gasteiger partial charge in [0.15, 0.2) is 20.7 Å². The van der Waals surface area contributed by atoms with Crippen LogP contribution in [0, 0.1) is 6.92 Å². The van der Waals surface area contributed by atoms with Crippen molar-refractivity contribution in [1.29, 1.82) is 0 Å². The fourth-order valence-corrected chi connectivity index (χ4v) is 5.60. The molecule has 2 heterocycles. The maximum Gasteiger partial charge on any atom is 0.229 e. The molecule has 0 amide bonds. The first-order chi connectivity index (χ1) is 18.5. The highest BCUT2D eigenvalue weighted by Gasteiger charge is 2.28. The Morgan fingerprint density at radius 2 is 2.03 bits per heavy atom. The van der Waals surface area contributed by atoms with Gasteiger partial charge in [-0.2, -0.15) is 4.98 Å². The van der Waals surface area contributed by atoms with Crippen LogP contribution >= 0.6 is 11.6 Å². The number of nitrogens with two attached hydrogens (primary N) is 1. The van der Waals surface area contributed by atoms with Gasteiger partial charge in [-0.15, -0.1) is 0 Å². The molecule has 4 N–H and O–H groups in total. The number of allylic oxidation sites excluding steroid dienone is 1. The van der Waals surface area contributed by atoms with E-state index in [1.165, 1.54) is 37.9 Å². The molecule has 212 valence electrons. The molecule has 39 heavy (non-hydrogen) atoms. The Labute approximate surface area is 236 Å². The second-order valence-electron chi connectivity index (χ2n) is 10.4. The largest absolute Gasteiger partial charge is 0.488 e. The van der Waals surface area contributed by atoms with Gasteiger partial charge in [0.2, 0.25) is 5.95 Å². The summed E-state index contributed by atoms with van der Waals surface area (Å²) < 4.78 is 31.7. The molecule has 1 atom stereocenters. The Bertz CT molecular complexity index is 1370. The Hall–Kier alpha value is -2.89. The normalized spacial score (nSPS) is 19.3. The molecule has 0 bridgehead atoms. The number of hydrogen-bond donors (Lipinski definition) is 3. The number of halogens is 1. The van der Waals surface area contributed by atoms with Crippen molar-refractivity contribution in [3.63, 3.8) is 0 Å². The molecule has 2 aromatic rings. The number of benzene rings is 1. The standard InChI is InChI=1S/C27H38ClN7O3S/c1-16(2)39(36,37)25(29)22(15-30-4)32-26-20(28)14-31-27(34-26)33-21-12-17(3)19(13-24(21)38-18-9-10-18)23-8-6-7-11-35(23)5/h12-16,18,23H,6-11,29H2,1-5H3,(H2,31,32,33,34). The average Bonchev–Trinajstić information content (AvgIpc) is 3.71. The highest BCUT2D eigenvalue weighted by molar-refractivity contribution is 7.95. The van der Waals surface area contributed by atoms with Crippen LogP contribution in [0.25, 0.3) is 0 Å². The zero-order valence-electron chi connectivity index (χ0n) is 23.2. The Balaban J connectivity index is 1.67. The van der Waals surface area contributed by atoms with Gasteiger partial charge in [-0.25, -0.2) is 13.4 Å². The van der Waals surface area contributed by atoms with Gasteiger partial charge in [-0.3, -0.25) is 9.89 Å². The SMILES string of the molecule is CN=CC(Nc1nc(Nc2cc(C)c(C3CCCCN3C)cc2OC2CC2)ncc1Cl)=C(N)S(=O)(=O)C(C)C. The van der Waals surface area contributed by atoms with Crippen molar-refractivity contribution in [3.05, 3.63) is 45.2 Å². The fraction of sp³-hybridized carbons (Fsp3) is 0.519. The molecule has 0 radical (unpaired) electrons. The molecule has 1 saturated carbocycles. The number of rotatable bonds is 10. The Morgan fingerprint density at radius 1 is 1.28 bits per heavy atom. The van der Waals surface area contributed by atoms with E-state index in [2.05, 4.69) is 56.6 Å². The van der Waals surface area contributed by atoms with E-state index in [-0.39, 0.29) is 33.6 Å². The lowest BCUT2D eigenvalue weighted by molar-refractivity contribution is 0.186. The summed E-state index contributed by atoms with van der Waals surface area (Å²) in [4.78, 5) is 15.2. The molecular weight excluding hydrogens is 538 g/mol. The molecule has 1 unspecified atom stereocenters. The number of anilines is 3. The van der Waals surface area contributed by atoms with E-state index in [0.717, 1.165) is 42.8 Å². The number of hydrogen-bond acceptors (Lipinski definition) is 10. The number of likely N-dealkylation sites (tertiary alicyclic amines) is 1. The summed E-state index contributed by atoms with van der Waals surface area (Å²) in [5, 5.41) is 5.35. The second kappa shape index (κ2) is 12.1. The minimum atomic E-state index is -3.74. The van der Waals surface area contributed by atoms with Gasteiger partial charge >= 0.3 is 0 Å². The highest BCUT2D eigenvalue weighted by atomic mass is 35.5. The average molecular weight is 576 g/mol. The molecule has 1 aromatic carbocycles. The lowest BCUT2D eigenvalue weighted by atomic mass is 9.92. The number of aromatic nitrogens is 2. The zero-order chi connectivity index (χ0) is 28.3. The van der Waals surface area contributed by atoms with Crippen molar-refractivity contribution < 1.29 is 13.2 Å². The number of aryl methyl sites for hydroxylation is 1. The molecule has 1 aromatic heterocycles. The molecule has 1 aliphatic carbocycles. The summed E-state index contributed by atoms with van der Waals surface area (Å²) >= 11 is 6.38. The van der Waals surface area contributed by atoms with Crippen molar-refractivity contribution in [1.82, 2.24) is 14.9 Å². The lowest BCUT2D eigenvalue weighted by Crippen LogP contribution is -2.30. The van der Waals surface area contributed by atoms with E-state index in [1.807, 2.05) is 0 Å². The van der Waals surface area contributed by atoms with Crippen molar-refractivity contribution in [2.75, 3.05) is 31.3 Å². The first-order valence-electron chi connectivity index (χ1n) is 13.2. The fourth-order valence-electron chi connectivity index (χ4n) is 4.55. The summed E-state index contributed by atoms with van der Waals surface area (Å²) in [6.45, 7) is 6.31. The number of nitrogens with one attached hydrogen (secondary N) is 2. The lowest BCUT2D eigenvalue weighted by Gasteiger charge is -2.34. The third-order valence-corrected chi connectivity index (χ3v) is 9.36. The van der Waals surface area contributed by atoms with Crippen LogP contribution in [0.5, 0.6) is 5.75 Å². The number of sulfone groups is 1. The zero-order valence-corrected chi connectivity index (χ0v) is 24.7. The van der Waals surface area contributed by atoms with E-state index in [1.54, 1.807) is 13.8 Å². The van der Waals surface area contributed by atoms with Crippen LogP contribution in [0.1, 0.15) is 63.1 Å². The number of piperidine rings is 1. The summed E-state index contributed by atoms with van der Waals surface area (Å²) in [5.74, 6) is 1.21. The highest BCUT2D eigenvalue weighted by Crippen LogP contribution is 2.40. The van der Waals surface area contributed by atoms with Gasteiger partial charge in [-0.05, 0) is 83.3 Å². The van der Waals surface area contributed by atoms with Gasteiger partial charge in [0, 0.05) is 19.3 Å².